The first-order valence-corrected chi connectivity index (χ1v) is 4.29. The Morgan fingerprint density at radius 2 is 2.42 bits per heavy atom. The van der Waals surface area contributed by atoms with Crippen molar-refractivity contribution in [3.8, 4) is 0 Å². The molecular formula is C10H13NO. The van der Waals surface area contributed by atoms with E-state index >= 15 is 0 Å². The van der Waals surface area contributed by atoms with E-state index in [-0.39, 0.29) is 6.61 Å². The van der Waals surface area contributed by atoms with E-state index in [1.54, 1.807) is 0 Å². The maximum atomic E-state index is 8.91. The van der Waals surface area contributed by atoms with Crippen LogP contribution in [-0.2, 0) is 13.0 Å². The minimum absolute atomic E-state index is 0.128. The molecule has 1 atom stereocenters. The molecule has 0 saturated heterocycles. The van der Waals surface area contributed by atoms with E-state index in [2.05, 4.69) is 18.3 Å². The number of hydrogen-bond donors (Lipinski definition) is 2. The number of benzene rings is 1. The normalized spacial score (nSPS) is 20.3. The van der Waals surface area contributed by atoms with Gasteiger partial charge in [0.2, 0.25) is 0 Å². The quantitative estimate of drug-likeness (QED) is 0.658. The lowest BCUT2D eigenvalue weighted by atomic mass is 10.1. The summed E-state index contributed by atoms with van der Waals surface area (Å²) in [6, 6.07) is 6.64. The van der Waals surface area contributed by atoms with Crippen LogP contribution in [0.3, 0.4) is 0 Å². The van der Waals surface area contributed by atoms with Gasteiger partial charge in [0.1, 0.15) is 0 Å². The van der Waals surface area contributed by atoms with Crippen molar-refractivity contribution in [1.29, 1.82) is 0 Å². The average Bonchev–Trinajstić information content (AvgIpc) is 2.43. The molecule has 0 fully saturated rings. The molecule has 0 radical (unpaired) electrons. The maximum Gasteiger partial charge on any atom is 0.0682 e. The highest BCUT2D eigenvalue weighted by atomic mass is 16.3. The first kappa shape index (κ1) is 7.62. The molecule has 64 valence electrons. The number of nitrogens with one attached hydrogen (secondary N) is 1. The fourth-order valence-electron chi connectivity index (χ4n) is 1.68. The Balaban J connectivity index is 2.35. The van der Waals surface area contributed by atoms with Crippen molar-refractivity contribution >= 4 is 5.69 Å². The minimum Gasteiger partial charge on any atom is -0.392 e. The average molecular weight is 163 g/mol. The van der Waals surface area contributed by atoms with Crippen molar-refractivity contribution in [1.82, 2.24) is 0 Å². The van der Waals surface area contributed by atoms with Gasteiger partial charge >= 0.3 is 0 Å². The zero-order valence-electron chi connectivity index (χ0n) is 7.17. The second-order valence-corrected chi connectivity index (χ2v) is 3.40. The first-order valence-electron chi connectivity index (χ1n) is 4.29. The summed E-state index contributed by atoms with van der Waals surface area (Å²) in [6.07, 6.45) is 1.10. The topological polar surface area (TPSA) is 32.3 Å². The zero-order valence-corrected chi connectivity index (χ0v) is 7.17. The van der Waals surface area contributed by atoms with E-state index in [9.17, 15) is 0 Å². The van der Waals surface area contributed by atoms with Gasteiger partial charge in [0.25, 0.3) is 0 Å². The lowest BCUT2D eigenvalue weighted by Crippen LogP contribution is -2.08. The number of aliphatic hydroxyl groups is 1. The summed E-state index contributed by atoms with van der Waals surface area (Å²) in [5.74, 6) is 0. The van der Waals surface area contributed by atoms with Crippen LogP contribution in [-0.4, -0.2) is 11.1 Å². The molecule has 0 spiro atoms. The third-order valence-corrected chi connectivity index (χ3v) is 2.28. The summed E-state index contributed by atoms with van der Waals surface area (Å²) in [5.41, 5.74) is 3.53. The fraction of sp³-hybridized carbons (Fsp3) is 0.400. The van der Waals surface area contributed by atoms with Gasteiger partial charge in [-0.15, -0.1) is 0 Å². The van der Waals surface area contributed by atoms with E-state index in [1.165, 1.54) is 11.3 Å². The van der Waals surface area contributed by atoms with Gasteiger partial charge in [0.05, 0.1) is 6.61 Å². The third-order valence-electron chi connectivity index (χ3n) is 2.28. The predicted molar refractivity (Wildman–Crippen MR) is 49.2 cm³/mol. The summed E-state index contributed by atoms with van der Waals surface area (Å²) in [4.78, 5) is 0. The van der Waals surface area contributed by atoms with Crippen LogP contribution in [0.25, 0.3) is 0 Å². The van der Waals surface area contributed by atoms with Crippen molar-refractivity contribution in [3.63, 3.8) is 0 Å². The second-order valence-electron chi connectivity index (χ2n) is 3.40. The van der Waals surface area contributed by atoms with Crippen molar-refractivity contribution in [2.45, 2.75) is 26.0 Å². The van der Waals surface area contributed by atoms with Gasteiger partial charge in [-0.1, -0.05) is 12.1 Å². The molecule has 12 heavy (non-hydrogen) atoms. The van der Waals surface area contributed by atoms with Crippen molar-refractivity contribution in [2.24, 2.45) is 0 Å². The number of rotatable bonds is 1. The lowest BCUT2D eigenvalue weighted by molar-refractivity contribution is 0.282. The van der Waals surface area contributed by atoms with E-state index in [0.29, 0.717) is 6.04 Å². The molecule has 1 aromatic carbocycles. The van der Waals surface area contributed by atoms with E-state index in [4.69, 9.17) is 5.11 Å². The van der Waals surface area contributed by atoms with Gasteiger partial charge in [-0.2, -0.15) is 0 Å². The standard InChI is InChI=1S/C10H13NO/c1-7-4-9-3-2-8(6-12)5-10(9)11-7/h2-3,5,7,11-12H,4,6H2,1H3/t7-/m1/s1. The lowest BCUT2D eigenvalue weighted by Gasteiger charge is -2.03. The second kappa shape index (κ2) is 2.79. The summed E-state index contributed by atoms with van der Waals surface area (Å²) in [5, 5.41) is 12.3. The van der Waals surface area contributed by atoms with Gasteiger partial charge in [0.15, 0.2) is 0 Å². The third kappa shape index (κ3) is 1.18. The van der Waals surface area contributed by atoms with Gasteiger partial charge in [0, 0.05) is 11.7 Å². The molecule has 0 bridgehead atoms. The molecule has 2 heteroatoms. The van der Waals surface area contributed by atoms with Crippen molar-refractivity contribution in [3.05, 3.63) is 29.3 Å². The van der Waals surface area contributed by atoms with E-state index in [0.717, 1.165) is 12.0 Å². The number of fused-ring (bicyclic) bond motifs is 1. The minimum atomic E-state index is 0.128. The van der Waals surface area contributed by atoms with Gasteiger partial charge in [-0.25, -0.2) is 0 Å². The summed E-state index contributed by atoms with van der Waals surface area (Å²) in [6.45, 7) is 2.29. The van der Waals surface area contributed by atoms with Crippen LogP contribution in [0.2, 0.25) is 0 Å². The predicted octanol–water partition coefficient (Wildman–Crippen LogP) is 1.54. The smallest absolute Gasteiger partial charge is 0.0682 e. The Morgan fingerprint density at radius 1 is 1.58 bits per heavy atom. The Hall–Kier alpha value is -1.02. The van der Waals surface area contributed by atoms with E-state index in [1.807, 2.05) is 12.1 Å². The zero-order chi connectivity index (χ0) is 8.55. The molecule has 0 unspecified atom stereocenters. The SMILES string of the molecule is C[C@@H]1Cc2ccc(CO)cc2N1. The van der Waals surface area contributed by atoms with E-state index < -0.39 is 0 Å². The molecular weight excluding hydrogens is 150 g/mol. The van der Waals surface area contributed by atoms with Crippen LogP contribution < -0.4 is 5.32 Å². The fourth-order valence-corrected chi connectivity index (χ4v) is 1.68. The molecule has 0 amide bonds. The molecule has 1 aliphatic heterocycles. The summed E-state index contributed by atoms with van der Waals surface area (Å²) in [7, 11) is 0. The van der Waals surface area contributed by atoms with Crippen LogP contribution in [0.15, 0.2) is 18.2 Å². The maximum absolute atomic E-state index is 8.91. The molecule has 1 aliphatic rings. The summed E-state index contributed by atoms with van der Waals surface area (Å²) < 4.78 is 0. The molecule has 0 aliphatic carbocycles. The Labute approximate surface area is 72.2 Å². The first-order chi connectivity index (χ1) is 5.79. The molecule has 1 heterocycles. The molecule has 1 aromatic rings. The van der Waals surface area contributed by atoms with Gasteiger partial charge < -0.3 is 10.4 Å². The Kier molecular flexibility index (Phi) is 1.77. The van der Waals surface area contributed by atoms with Gasteiger partial charge in [-0.3, -0.25) is 0 Å². The van der Waals surface area contributed by atoms with Crippen LogP contribution in [0.4, 0.5) is 5.69 Å². The number of hydrogen-bond acceptors (Lipinski definition) is 2. The van der Waals surface area contributed by atoms with Crippen molar-refractivity contribution < 1.29 is 5.11 Å². The monoisotopic (exact) mass is 163 g/mol. The van der Waals surface area contributed by atoms with Crippen LogP contribution in [0.1, 0.15) is 18.1 Å². The highest BCUT2D eigenvalue weighted by Gasteiger charge is 2.15. The molecule has 2 nitrogen and oxygen atoms in total. The van der Waals surface area contributed by atoms with Crippen LogP contribution in [0.5, 0.6) is 0 Å². The molecule has 2 rings (SSSR count). The van der Waals surface area contributed by atoms with Crippen molar-refractivity contribution in [2.75, 3.05) is 5.32 Å². The summed E-state index contributed by atoms with van der Waals surface area (Å²) >= 11 is 0. The van der Waals surface area contributed by atoms with Crippen LogP contribution >= 0.6 is 0 Å². The highest BCUT2D eigenvalue weighted by molar-refractivity contribution is 5.58. The van der Waals surface area contributed by atoms with Crippen LogP contribution in [0, 0.1) is 0 Å². The Morgan fingerprint density at radius 3 is 3.17 bits per heavy atom. The molecule has 0 saturated carbocycles. The van der Waals surface area contributed by atoms with Gasteiger partial charge in [-0.05, 0) is 30.5 Å². The Bertz CT molecular complexity index is 296. The number of anilines is 1. The molecule has 0 aromatic heterocycles. The number of aliphatic hydroxyl groups excluding tert-OH is 1. The highest BCUT2D eigenvalue weighted by Crippen LogP contribution is 2.26. The largest absolute Gasteiger partial charge is 0.392 e. The molecule has 2 N–H and O–H groups in total.